The highest BCUT2D eigenvalue weighted by Gasteiger charge is 2.61. The number of rotatable bonds is 3. The van der Waals surface area contributed by atoms with E-state index in [0.29, 0.717) is 11.1 Å². The molecule has 1 aromatic carbocycles. The Morgan fingerprint density at radius 3 is 2.87 bits per heavy atom. The third-order valence-electron chi connectivity index (χ3n) is 5.23. The highest BCUT2D eigenvalue weighted by molar-refractivity contribution is 8.13. The second-order valence-electron chi connectivity index (χ2n) is 7.21. The molecule has 0 radical (unpaired) electrons. The van der Waals surface area contributed by atoms with Crippen LogP contribution in [0.25, 0.3) is 0 Å². The molecule has 0 aliphatic carbocycles. The van der Waals surface area contributed by atoms with Crippen LogP contribution in [0, 0.1) is 24.1 Å². The first-order valence-electron chi connectivity index (χ1n) is 9.01. The van der Waals surface area contributed by atoms with E-state index in [-0.39, 0.29) is 53.5 Å². The summed E-state index contributed by atoms with van der Waals surface area (Å²) in [6, 6.07) is 7.36. The summed E-state index contributed by atoms with van der Waals surface area (Å²) in [5, 5.41) is 11.7. The lowest BCUT2D eigenvalue weighted by molar-refractivity contribution is 0.102. The van der Waals surface area contributed by atoms with Crippen molar-refractivity contribution in [2.24, 2.45) is 10.7 Å². The number of benzene rings is 1. The molecule has 2 aliphatic rings. The maximum absolute atomic E-state index is 15.6. The van der Waals surface area contributed by atoms with E-state index in [1.807, 2.05) is 6.07 Å². The molecule has 4 rings (SSSR count). The van der Waals surface area contributed by atoms with Gasteiger partial charge < -0.3 is 15.8 Å². The number of aliphatic imine (C=N–C) groups is 1. The van der Waals surface area contributed by atoms with E-state index in [4.69, 9.17) is 15.7 Å². The number of nitrogens with one attached hydrogen (secondary N) is 1. The molecule has 2 aliphatic heterocycles. The molecular formula is C20H18ClF2N5O2S. The summed E-state index contributed by atoms with van der Waals surface area (Å²) in [7, 11) is 0. The van der Waals surface area contributed by atoms with E-state index in [2.05, 4.69) is 15.3 Å². The summed E-state index contributed by atoms with van der Waals surface area (Å²) in [6.45, 7) is 1.28. The number of amides is 1. The van der Waals surface area contributed by atoms with Crippen LogP contribution in [0.4, 0.5) is 14.5 Å². The molecule has 3 heterocycles. The van der Waals surface area contributed by atoms with Crippen molar-refractivity contribution >= 4 is 40.9 Å². The van der Waals surface area contributed by atoms with E-state index in [0.717, 1.165) is 17.8 Å². The first-order chi connectivity index (χ1) is 14.3. The fraction of sp³-hybridized carbons (Fsp3) is 0.300. The van der Waals surface area contributed by atoms with E-state index >= 15 is 4.39 Å². The second kappa shape index (κ2) is 8.42. The van der Waals surface area contributed by atoms with Crippen LogP contribution in [0.3, 0.4) is 0 Å². The fourth-order valence-electron chi connectivity index (χ4n) is 3.67. The molecule has 1 saturated heterocycles. The van der Waals surface area contributed by atoms with Crippen LogP contribution < -0.4 is 11.1 Å². The van der Waals surface area contributed by atoms with Gasteiger partial charge in [-0.25, -0.2) is 18.8 Å². The van der Waals surface area contributed by atoms with Crippen molar-refractivity contribution in [1.29, 1.82) is 5.26 Å². The Bertz CT molecular complexity index is 1130. The van der Waals surface area contributed by atoms with Gasteiger partial charge >= 0.3 is 0 Å². The average Bonchev–Trinajstić information content (AvgIpc) is 3.06. The number of aryl methyl sites for hydroxylation is 1. The Kier molecular flexibility index (Phi) is 6.23. The van der Waals surface area contributed by atoms with Gasteiger partial charge in [0.1, 0.15) is 17.6 Å². The number of carbonyl (C=O) groups is 1. The van der Waals surface area contributed by atoms with Gasteiger partial charge in [0.25, 0.3) is 5.91 Å². The Hall–Kier alpha value is -2.74. The summed E-state index contributed by atoms with van der Waals surface area (Å²) in [4.78, 5) is 20.9. The zero-order valence-corrected chi connectivity index (χ0v) is 17.9. The minimum Gasteiger partial charge on any atom is -0.379 e. The van der Waals surface area contributed by atoms with Gasteiger partial charge in [0.2, 0.25) is 0 Å². The lowest BCUT2D eigenvalue weighted by Crippen LogP contribution is -2.52. The summed E-state index contributed by atoms with van der Waals surface area (Å²) in [5.41, 5.74) is 3.47. The van der Waals surface area contributed by atoms with E-state index < -0.39 is 22.9 Å². The number of aromatic nitrogens is 1. The van der Waals surface area contributed by atoms with Crippen molar-refractivity contribution in [3.8, 4) is 6.07 Å². The Morgan fingerprint density at radius 1 is 1.39 bits per heavy atom. The topological polar surface area (TPSA) is 113 Å². The maximum Gasteiger partial charge on any atom is 0.274 e. The highest BCUT2D eigenvalue weighted by atomic mass is 35.5. The predicted molar refractivity (Wildman–Crippen MR) is 116 cm³/mol. The zero-order valence-electron chi connectivity index (χ0n) is 16.3. The van der Waals surface area contributed by atoms with E-state index in [1.54, 1.807) is 13.0 Å². The van der Waals surface area contributed by atoms with Gasteiger partial charge in [-0.05, 0) is 36.8 Å². The molecule has 11 heteroatoms. The van der Waals surface area contributed by atoms with Crippen LogP contribution in [0.1, 0.15) is 27.2 Å². The molecule has 1 fully saturated rings. The van der Waals surface area contributed by atoms with Crippen molar-refractivity contribution in [2.45, 2.75) is 18.1 Å². The number of pyridine rings is 1. The SMILES string of the molecule is Cc1cc(C#N)cnc1C(=O)Nc1ccc(F)c(C23COCC2(F)CSC(N)=N3)c1.Cl. The minimum atomic E-state index is -1.92. The van der Waals surface area contributed by atoms with Crippen molar-refractivity contribution in [2.75, 3.05) is 24.3 Å². The normalized spacial score (nSPS) is 24.4. The van der Waals surface area contributed by atoms with Crippen LogP contribution in [-0.2, 0) is 10.3 Å². The summed E-state index contributed by atoms with van der Waals surface area (Å²) < 4.78 is 35.8. The second-order valence-corrected chi connectivity index (χ2v) is 8.20. The lowest BCUT2D eigenvalue weighted by atomic mass is 9.79. The smallest absolute Gasteiger partial charge is 0.274 e. The molecule has 2 atom stereocenters. The average molecular weight is 466 g/mol. The van der Waals surface area contributed by atoms with Crippen molar-refractivity contribution in [3.63, 3.8) is 0 Å². The molecule has 162 valence electrons. The van der Waals surface area contributed by atoms with Crippen LogP contribution >= 0.6 is 24.2 Å². The molecule has 7 nitrogen and oxygen atoms in total. The van der Waals surface area contributed by atoms with E-state index in [1.165, 1.54) is 18.3 Å². The standard InChI is InChI=1S/C20H17F2N5O2S.ClH/c1-11-4-12(6-23)7-25-16(11)17(28)26-13-2-3-15(21)14(5-13)20-9-29-8-19(20,22)10-30-18(24)27-20;/h2-5,7H,8-10H2,1H3,(H2,24,27)(H,26,28);1H. The lowest BCUT2D eigenvalue weighted by Gasteiger charge is -2.38. The van der Waals surface area contributed by atoms with Crippen molar-refractivity contribution < 1.29 is 18.3 Å². The number of thioether (sulfide) groups is 1. The van der Waals surface area contributed by atoms with Gasteiger partial charge in [-0.2, -0.15) is 5.26 Å². The summed E-state index contributed by atoms with van der Waals surface area (Å²) in [5.74, 6) is -1.22. The number of amidine groups is 1. The summed E-state index contributed by atoms with van der Waals surface area (Å²) in [6.07, 6.45) is 1.29. The number of hydrogen-bond acceptors (Lipinski definition) is 7. The first kappa shape index (κ1) is 22.9. The molecule has 31 heavy (non-hydrogen) atoms. The number of nitriles is 1. The van der Waals surface area contributed by atoms with Gasteiger partial charge in [0.15, 0.2) is 16.4 Å². The molecule has 0 spiro atoms. The number of anilines is 1. The molecule has 3 N–H and O–H groups in total. The predicted octanol–water partition coefficient (Wildman–Crippen LogP) is 3.07. The van der Waals surface area contributed by atoms with Crippen LogP contribution in [0.2, 0.25) is 0 Å². The Labute approximate surface area is 187 Å². The number of nitrogens with zero attached hydrogens (tertiary/aromatic N) is 3. The minimum absolute atomic E-state index is 0. The van der Waals surface area contributed by atoms with Gasteiger partial charge in [-0.15, -0.1) is 12.4 Å². The molecule has 1 amide bonds. The van der Waals surface area contributed by atoms with Crippen LogP contribution in [0.15, 0.2) is 35.5 Å². The molecular weight excluding hydrogens is 448 g/mol. The molecule has 2 aromatic rings. The van der Waals surface area contributed by atoms with Crippen molar-refractivity contribution in [1.82, 2.24) is 4.98 Å². The number of nitrogens with two attached hydrogens (primary N) is 1. The maximum atomic E-state index is 15.6. The molecule has 0 saturated carbocycles. The third-order valence-corrected chi connectivity index (χ3v) is 6.21. The quantitative estimate of drug-likeness (QED) is 0.720. The first-order valence-corrected chi connectivity index (χ1v) is 9.99. The number of halogens is 3. The van der Waals surface area contributed by atoms with Gasteiger partial charge in [-0.3, -0.25) is 4.79 Å². The van der Waals surface area contributed by atoms with Crippen LogP contribution in [0.5, 0.6) is 0 Å². The number of alkyl halides is 1. The Morgan fingerprint density at radius 2 is 2.16 bits per heavy atom. The van der Waals surface area contributed by atoms with Gasteiger partial charge in [0.05, 0.1) is 18.8 Å². The van der Waals surface area contributed by atoms with Crippen LogP contribution in [-0.4, -0.2) is 40.7 Å². The molecule has 0 bridgehead atoms. The third kappa shape index (κ3) is 3.84. The van der Waals surface area contributed by atoms with Crippen molar-refractivity contribution in [3.05, 3.63) is 58.7 Å². The highest BCUT2D eigenvalue weighted by Crippen LogP contribution is 2.50. The number of hydrogen-bond donors (Lipinski definition) is 2. The number of carbonyl (C=O) groups excluding carboxylic acids is 1. The monoisotopic (exact) mass is 465 g/mol. The Balaban J connectivity index is 0.00000272. The fourth-order valence-corrected chi connectivity index (χ4v) is 4.59. The largest absolute Gasteiger partial charge is 0.379 e. The van der Waals surface area contributed by atoms with E-state index in [9.17, 15) is 9.18 Å². The zero-order chi connectivity index (χ0) is 21.5. The number of ether oxygens (including phenoxy) is 1. The number of fused-ring (bicyclic) bond motifs is 1. The summed E-state index contributed by atoms with van der Waals surface area (Å²) >= 11 is 1.06. The van der Waals surface area contributed by atoms with Gasteiger partial charge in [-0.1, -0.05) is 11.8 Å². The molecule has 2 unspecified atom stereocenters. The van der Waals surface area contributed by atoms with Gasteiger partial charge in [0, 0.05) is 23.2 Å². The molecule has 1 aromatic heterocycles.